The molecule has 0 bridgehead atoms. The molecule has 9 aromatic rings. The maximum atomic E-state index is 5.21. The Kier molecular flexibility index (Phi) is 6.21. The van der Waals surface area contributed by atoms with E-state index in [-0.39, 0.29) is 12.0 Å². The number of rotatable bonds is 4. The molecule has 2 aliphatic rings. The molecule has 0 saturated carbocycles. The van der Waals surface area contributed by atoms with Gasteiger partial charge in [0.2, 0.25) is 5.95 Å². The Morgan fingerprint density at radius 1 is 0.549 bits per heavy atom. The van der Waals surface area contributed by atoms with Crippen LogP contribution in [0.15, 0.2) is 170 Å². The Balaban J connectivity index is 1.05. The van der Waals surface area contributed by atoms with Gasteiger partial charge in [0.05, 0.1) is 33.5 Å². The maximum absolute atomic E-state index is 5.21. The lowest BCUT2D eigenvalue weighted by Gasteiger charge is -2.29. The van der Waals surface area contributed by atoms with Gasteiger partial charge < -0.3 is 4.90 Å². The van der Waals surface area contributed by atoms with Crippen molar-refractivity contribution in [3.8, 4) is 28.2 Å². The summed E-state index contributed by atoms with van der Waals surface area (Å²) in [5, 5.41) is 3.56. The Hall–Kier alpha value is -6.30. The second-order valence-corrected chi connectivity index (χ2v) is 14.5. The van der Waals surface area contributed by atoms with Gasteiger partial charge in [-0.05, 0) is 70.3 Å². The van der Waals surface area contributed by atoms with E-state index >= 15 is 0 Å². The predicted molar refractivity (Wildman–Crippen MR) is 214 cm³/mol. The highest BCUT2D eigenvalue weighted by Crippen LogP contribution is 2.49. The van der Waals surface area contributed by atoms with Crippen molar-refractivity contribution in [2.24, 2.45) is 0 Å². The first-order chi connectivity index (χ1) is 25.3. The molecule has 0 saturated heterocycles. The van der Waals surface area contributed by atoms with Crippen molar-refractivity contribution in [3.63, 3.8) is 0 Å². The largest absolute Gasteiger partial charge is 0.333 e. The van der Waals surface area contributed by atoms with Gasteiger partial charge in [-0.25, -0.2) is 9.97 Å². The summed E-state index contributed by atoms with van der Waals surface area (Å²) in [6.45, 7) is 0. The van der Waals surface area contributed by atoms with Crippen LogP contribution in [0.4, 0.5) is 11.4 Å². The van der Waals surface area contributed by atoms with Gasteiger partial charge in [0.25, 0.3) is 0 Å². The number of allylic oxidation sites excluding steroid dienone is 2. The minimum Gasteiger partial charge on any atom is -0.333 e. The summed E-state index contributed by atoms with van der Waals surface area (Å²) in [6.07, 6.45) is 11.1. The minimum atomic E-state index is 0.219. The van der Waals surface area contributed by atoms with Crippen LogP contribution in [0.2, 0.25) is 0 Å². The van der Waals surface area contributed by atoms with Crippen molar-refractivity contribution in [1.29, 1.82) is 0 Å². The molecule has 0 fully saturated rings. The molecule has 6 aromatic carbocycles. The number of hydrogen-bond donors (Lipinski definition) is 0. The average molecular weight is 671 g/mol. The fourth-order valence-corrected chi connectivity index (χ4v) is 9.28. The van der Waals surface area contributed by atoms with Gasteiger partial charge in [-0.1, -0.05) is 121 Å². The number of para-hydroxylation sites is 1. The van der Waals surface area contributed by atoms with Crippen molar-refractivity contribution in [3.05, 3.63) is 176 Å². The average Bonchev–Trinajstić information content (AvgIpc) is 3.85. The van der Waals surface area contributed by atoms with Gasteiger partial charge in [-0.15, -0.1) is 11.3 Å². The summed E-state index contributed by atoms with van der Waals surface area (Å²) < 4.78 is 4.57. The zero-order valence-electron chi connectivity index (χ0n) is 27.5. The van der Waals surface area contributed by atoms with E-state index < -0.39 is 0 Å². The van der Waals surface area contributed by atoms with Crippen molar-refractivity contribution >= 4 is 64.8 Å². The Labute approximate surface area is 298 Å². The molecule has 2 unspecified atom stereocenters. The van der Waals surface area contributed by atoms with Gasteiger partial charge in [-0.2, -0.15) is 0 Å². The van der Waals surface area contributed by atoms with Gasteiger partial charge in [-0.3, -0.25) is 4.57 Å². The first-order valence-corrected chi connectivity index (χ1v) is 18.2. The highest BCUT2D eigenvalue weighted by molar-refractivity contribution is 7.25. The first-order valence-electron chi connectivity index (χ1n) is 17.4. The molecule has 51 heavy (non-hydrogen) atoms. The number of hydrogen-bond acceptors (Lipinski definition) is 4. The third kappa shape index (κ3) is 4.38. The molecule has 2 atom stereocenters. The fourth-order valence-electron chi connectivity index (χ4n) is 8.26. The second kappa shape index (κ2) is 11.1. The summed E-state index contributed by atoms with van der Waals surface area (Å²) in [5.74, 6) is 0.958. The third-order valence-electron chi connectivity index (χ3n) is 10.6. The van der Waals surface area contributed by atoms with Crippen molar-refractivity contribution < 1.29 is 0 Å². The zero-order valence-corrected chi connectivity index (χ0v) is 28.3. The maximum Gasteiger partial charge on any atom is 0.235 e. The van der Waals surface area contributed by atoms with E-state index in [1.165, 1.54) is 60.1 Å². The van der Waals surface area contributed by atoms with Gasteiger partial charge in [0.15, 0.2) is 0 Å². The molecular formula is C46H30N4S. The van der Waals surface area contributed by atoms with Crippen LogP contribution in [0, 0.1) is 0 Å². The van der Waals surface area contributed by atoms with Crippen LogP contribution in [0.1, 0.15) is 11.5 Å². The smallest absolute Gasteiger partial charge is 0.235 e. The SMILES string of the molecule is C1=CC2c3cc(-c4ccc5c6ccccc6n(-c6ncc7sc8ccccc8c7n6)c5c4)ccc3N(c3cccc(-c4ccccc4)c3)C2C=C1. The van der Waals surface area contributed by atoms with Crippen molar-refractivity contribution in [2.45, 2.75) is 12.0 Å². The van der Waals surface area contributed by atoms with Crippen LogP contribution < -0.4 is 4.90 Å². The summed E-state index contributed by atoms with van der Waals surface area (Å²) in [6, 6.07) is 50.7. The number of nitrogens with zero attached hydrogens (tertiary/aromatic N) is 4. The Bertz CT molecular complexity index is 2900. The van der Waals surface area contributed by atoms with Crippen LogP contribution in [0.25, 0.3) is 70.3 Å². The van der Waals surface area contributed by atoms with Crippen LogP contribution >= 0.6 is 11.3 Å². The van der Waals surface area contributed by atoms with E-state index in [4.69, 9.17) is 9.97 Å². The molecule has 0 N–H and O–H groups in total. The lowest BCUT2D eigenvalue weighted by molar-refractivity contribution is 0.745. The monoisotopic (exact) mass is 670 g/mol. The quantitative estimate of drug-likeness (QED) is 0.187. The van der Waals surface area contributed by atoms with Gasteiger partial charge >= 0.3 is 0 Å². The topological polar surface area (TPSA) is 34.0 Å². The lowest BCUT2D eigenvalue weighted by Crippen LogP contribution is -2.28. The third-order valence-corrected chi connectivity index (χ3v) is 11.7. The first kappa shape index (κ1) is 28.5. The number of anilines is 2. The lowest BCUT2D eigenvalue weighted by atomic mass is 9.89. The van der Waals surface area contributed by atoms with Crippen LogP contribution in [0.5, 0.6) is 0 Å². The summed E-state index contributed by atoms with van der Waals surface area (Å²) in [4.78, 5) is 12.7. The molecular weight excluding hydrogens is 641 g/mol. The fraction of sp³-hybridized carbons (Fsp3) is 0.0435. The molecule has 3 aromatic heterocycles. The van der Waals surface area contributed by atoms with E-state index in [9.17, 15) is 0 Å². The number of benzene rings is 6. The summed E-state index contributed by atoms with van der Waals surface area (Å²) in [7, 11) is 0. The molecule has 1 aliphatic carbocycles. The highest BCUT2D eigenvalue weighted by atomic mass is 32.1. The number of aromatic nitrogens is 3. The summed E-state index contributed by atoms with van der Waals surface area (Å²) in [5.41, 5.74) is 11.9. The van der Waals surface area contributed by atoms with Crippen LogP contribution in [-0.2, 0) is 0 Å². The minimum absolute atomic E-state index is 0.219. The Morgan fingerprint density at radius 3 is 2.24 bits per heavy atom. The van der Waals surface area contributed by atoms with E-state index in [0.29, 0.717) is 5.95 Å². The molecule has 0 spiro atoms. The normalized spacial score (nSPS) is 16.4. The molecule has 1 aliphatic heterocycles. The van der Waals surface area contributed by atoms with Gasteiger partial charge in [0, 0.05) is 38.2 Å². The van der Waals surface area contributed by atoms with Crippen LogP contribution in [0.3, 0.4) is 0 Å². The molecule has 5 heteroatoms. The standard InChI is InChI=1S/C46H30N4S/c1-2-11-29(12-3-1)30-13-10-14-33(25-30)49-39-18-7-5-16-35(39)38-26-31(22-24-41(38)49)32-21-23-36-34-15-4-8-19-40(34)50(42(36)27-32)46-47-28-44-45(48-46)37-17-6-9-20-43(37)51-44/h1-28,35,39H. The Morgan fingerprint density at radius 2 is 1.29 bits per heavy atom. The van der Waals surface area contributed by atoms with E-state index in [0.717, 1.165) is 21.3 Å². The molecule has 0 amide bonds. The highest BCUT2D eigenvalue weighted by Gasteiger charge is 2.37. The summed E-state index contributed by atoms with van der Waals surface area (Å²) >= 11 is 1.74. The molecule has 0 radical (unpaired) electrons. The van der Waals surface area contributed by atoms with E-state index in [1.807, 2.05) is 6.20 Å². The van der Waals surface area contributed by atoms with E-state index in [1.54, 1.807) is 11.3 Å². The predicted octanol–water partition coefficient (Wildman–Crippen LogP) is 12.0. The zero-order chi connectivity index (χ0) is 33.5. The second-order valence-electron chi connectivity index (χ2n) is 13.4. The number of fused-ring (bicyclic) bond motifs is 9. The van der Waals surface area contributed by atoms with Gasteiger partial charge in [0.1, 0.15) is 0 Å². The molecule has 4 heterocycles. The van der Waals surface area contributed by atoms with E-state index in [2.05, 4.69) is 173 Å². The van der Waals surface area contributed by atoms with Crippen molar-refractivity contribution in [2.75, 3.05) is 4.90 Å². The molecule has 11 rings (SSSR count). The molecule has 240 valence electrons. The molecule has 4 nitrogen and oxygen atoms in total. The van der Waals surface area contributed by atoms with Crippen molar-refractivity contribution in [1.82, 2.24) is 14.5 Å². The number of thiophene rings is 1. The van der Waals surface area contributed by atoms with Crippen LogP contribution in [-0.4, -0.2) is 20.6 Å².